The van der Waals surface area contributed by atoms with Crippen LogP contribution in [0.5, 0.6) is 5.75 Å². The van der Waals surface area contributed by atoms with Crippen LogP contribution in [0.3, 0.4) is 0 Å². The maximum absolute atomic E-state index is 6.76. The summed E-state index contributed by atoms with van der Waals surface area (Å²) in [6, 6.07) is 39.0. The third-order valence-corrected chi connectivity index (χ3v) is 8.18. The van der Waals surface area contributed by atoms with Crippen molar-refractivity contribution in [2.75, 3.05) is 4.90 Å². The van der Waals surface area contributed by atoms with Crippen LogP contribution in [0.2, 0.25) is 0 Å². The minimum absolute atomic E-state index is 0.140. The van der Waals surface area contributed by atoms with Crippen molar-refractivity contribution in [1.29, 1.82) is 0 Å². The van der Waals surface area contributed by atoms with Crippen LogP contribution in [-0.4, -0.2) is 6.92 Å². The molecule has 6 aromatic rings. The van der Waals surface area contributed by atoms with E-state index >= 15 is 0 Å². The van der Waals surface area contributed by atoms with Gasteiger partial charge in [-0.1, -0.05) is 72.8 Å². The van der Waals surface area contributed by atoms with Crippen LogP contribution >= 0.6 is 11.3 Å². The smallest absolute Gasteiger partial charge is 0.431 e. The summed E-state index contributed by atoms with van der Waals surface area (Å²) in [6.07, 6.45) is 0. The van der Waals surface area contributed by atoms with Crippen LogP contribution in [-0.2, 0) is 0 Å². The van der Waals surface area contributed by atoms with Crippen molar-refractivity contribution < 1.29 is 4.65 Å². The Hall–Kier alpha value is -4.02. The van der Waals surface area contributed by atoms with Gasteiger partial charge in [-0.3, -0.25) is 0 Å². The van der Waals surface area contributed by atoms with Gasteiger partial charge in [0.25, 0.3) is 0 Å². The molecule has 5 aromatic carbocycles. The van der Waals surface area contributed by atoms with Crippen molar-refractivity contribution >= 4 is 66.4 Å². The first-order chi connectivity index (χ1) is 16.9. The molecule has 0 amide bonds. The molecule has 0 radical (unpaired) electrons. The van der Waals surface area contributed by atoms with Gasteiger partial charge in [-0.15, -0.1) is 11.3 Å². The fraction of sp³-hybridized carbons (Fsp3) is 0. The maximum Gasteiger partial charge on any atom is 0.431 e. The summed E-state index contributed by atoms with van der Waals surface area (Å²) in [4.78, 5) is 2.41. The lowest BCUT2D eigenvalue weighted by atomic mass is 9.49. The van der Waals surface area contributed by atoms with Crippen LogP contribution < -0.4 is 20.5 Å². The highest BCUT2D eigenvalue weighted by Crippen LogP contribution is 2.49. The average molecular weight is 451 g/mol. The Morgan fingerprint density at radius 2 is 1.44 bits per heavy atom. The molecule has 3 heterocycles. The molecule has 0 fully saturated rings. The van der Waals surface area contributed by atoms with Crippen LogP contribution in [0.25, 0.3) is 31.3 Å². The van der Waals surface area contributed by atoms with Gasteiger partial charge < -0.3 is 9.55 Å². The van der Waals surface area contributed by atoms with Gasteiger partial charge in [-0.25, -0.2) is 0 Å². The number of fused-ring (bicyclic) bond motifs is 8. The molecule has 2 nitrogen and oxygen atoms in total. The van der Waals surface area contributed by atoms with Gasteiger partial charge in [0, 0.05) is 48.3 Å². The SMILES string of the molecule is c1ccc(N2c3ccccc3B3Oc4ccccc4-c4c3c2cc2sc3ccccc3c42)cc1. The quantitative estimate of drug-likeness (QED) is 0.250. The van der Waals surface area contributed by atoms with Crippen molar-refractivity contribution in [2.24, 2.45) is 0 Å². The van der Waals surface area contributed by atoms with E-state index in [4.69, 9.17) is 4.65 Å². The molecule has 1 aromatic heterocycles. The molecule has 0 N–H and O–H groups in total. The summed E-state index contributed by atoms with van der Waals surface area (Å²) >= 11 is 1.88. The zero-order valence-corrected chi connectivity index (χ0v) is 19.0. The largest absolute Gasteiger partial charge is 0.551 e. The van der Waals surface area contributed by atoms with Gasteiger partial charge >= 0.3 is 6.92 Å². The molecular formula is C30H18BNOS. The highest BCUT2D eigenvalue weighted by atomic mass is 32.1. The van der Waals surface area contributed by atoms with E-state index in [0.717, 1.165) is 11.4 Å². The van der Waals surface area contributed by atoms with Gasteiger partial charge in [0.05, 0.1) is 0 Å². The highest BCUT2D eigenvalue weighted by molar-refractivity contribution is 7.26. The summed E-state index contributed by atoms with van der Waals surface area (Å²) < 4.78 is 9.40. The van der Waals surface area contributed by atoms with Gasteiger partial charge in [0.15, 0.2) is 0 Å². The van der Waals surface area contributed by atoms with Crippen molar-refractivity contribution in [1.82, 2.24) is 0 Å². The van der Waals surface area contributed by atoms with Gasteiger partial charge in [0.1, 0.15) is 5.75 Å². The van der Waals surface area contributed by atoms with Crippen LogP contribution in [0.1, 0.15) is 0 Å². The molecule has 0 atom stereocenters. The standard InChI is InChI=1S/C30H18BNOS/c1-2-10-19(11-3-1)32-23-15-7-6-14-22(23)31-30-24(32)18-27-28(21-13-5-9-17-26(21)34-27)29(30)20-12-4-8-16-25(20)33-31/h1-18H. The van der Waals surface area contributed by atoms with Crippen molar-refractivity contribution in [2.45, 2.75) is 0 Å². The minimum atomic E-state index is -0.140. The first-order valence-electron chi connectivity index (χ1n) is 11.6. The zero-order valence-electron chi connectivity index (χ0n) is 18.2. The first-order valence-corrected chi connectivity index (χ1v) is 12.4. The second-order valence-corrected chi connectivity index (χ2v) is 9.96. The molecule has 0 bridgehead atoms. The Kier molecular flexibility index (Phi) is 3.66. The summed E-state index contributed by atoms with van der Waals surface area (Å²) in [7, 11) is 0. The van der Waals surface area contributed by atoms with E-state index in [1.54, 1.807) is 0 Å². The fourth-order valence-electron chi connectivity index (χ4n) is 5.70. The van der Waals surface area contributed by atoms with E-state index in [-0.39, 0.29) is 6.92 Å². The number of nitrogens with zero attached hydrogens (tertiary/aromatic N) is 1. The number of hydrogen-bond acceptors (Lipinski definition) is 3. The highest BCUT2D eigenvalue weighted by Gasteiger charge is 2.43. The maximum atomic E-state index is 6.76. The summed E-state index contributed by atoms with van der Waals surface area (Å²) in [5, 5.41) is 2.66. The summed E-state index contributed by atoms with van der Waals surface area (Å²) in [5.74, 6) is 0.955. The van der Waals surface area contributed by atoms with Gasteiger partial charge in [-0.2, -0.15) is 0 Å². The first kappa shape index (κ1) is 18.4. The topological polar surface area (TPSA) is 12.5 Å². The average Bonchev–Trinajstić information content (AvgIpc) is 3.27. The van der Waals surface area contributed by atoms with Crippen molar-refractivity contribution in [3.05, 3.63) is 109 Å². The van der Waals surface area contributed by atoms with Crippen molar-refractivity contribution in [3.8, 4) is 16.9 Å². The number of hydrogen-bond donors (Lipinski definition) is 0. The number of thiophene rings is 1. The molecule has 4 heteroatoms. The van der Waals surface area contributed by atoms with Crippen LogP contribution in [0, 0.1) is 0 Å². The van der Waals surface area contributed by atoms with E-state index in [2.05, 4.69) is 114 Å². The monoisotopic (exact) mass is 451 g/mol. The van der Waals surface area contributed by atoms with Crippen molar-refractivity contribution in [3.63, 3.8) is 0 Å². The molecule has 2 aliphatic rings. The van der Waals surface area contributed by atoms with Crippen LogP contribution in [0.4, 0.5) is 17.1 Å². The Morgan fingerprint density at radius 1 is 0.676 bits per heavy atom. The molecular weight excluding hydrogens is 433 g/mol. The second kappa shape index (κ2) is 6.75. The third kappa shape index (κ3) is 2.36. The Morgan fingerprint density at radius 3 is 2.38 bits per heavy atom. The molecule has 0 saturated carbocycles. The number of anilines is 3. The molecule has 2 aliphatic heterocycles. The lowest BCUT2D eigenvalue weighted by Gasteiger charge is -2.39. The minimum Gasteiger partial charge on any atom is -0.551 e. The van der Waals surface area contributed by atoms with E-state index < -0.39 is 0 Å². The van der Waals surface area contributed by atoms with E-state index in [0.29, 0.717) is 0 Å². The fourth-order valence-corrected chi connectivity index (χ4v) is 6.85. The molecule has 0 saturated heterocycles. The third-order valence-electron chi connectivity index (χ3n) is 7.06. The molecule has 158 valence electrons. The van der Waals surface area contributed by atoms with E-state index in [9.17, 15) is 0 Å². The molecule has 0 unspecified atom stereocenters. The number of para-hydroxylation sites is 3. The molecule has 0 aliphatic carbocycles. The Labute approximate surface area is 201 Å². The molecule has 8 rings (SSSR count). The predicted molar refractivity (Wildman–Crippen MR) is 145 cm³/mol. The number of benzene rings is 5. The van der Waals surface area contributed by atoms with E-state index in [1.165, 1.54) is 53.6 Å². The Balaban J connectivity index is 1.59. The summed E-state index contributed by atoms with van der Waals surface area (Å²) in [5.41, 5.74) is 8.50. The summed E-state index contributed by atoms with van der Waals surface area (Å²) in [6.45, 7) is -0.140. The zero-order chi connectivity index (χ0) is 22.2. The normalized spacial score (nSPS) is 13.4. The van der Waals surface area contributed by atoms with Gasteiger partial charge in [0.2, 0.25) is 0 Å². The van der Waals surface area contributed by atoms with Crippen LogP contribution in [0.15, 0.2) is 109 Å². The lowest BCUT2D eigenvalue weighted by Crippen LogP contribution is -2.56. The second-order valence-electron chi connectivity index (χ2n) is 8.88. The van der Waals surface area contributed by atoms with E-state index in [1.807, 2.05) is 11.3 Å². The Bertz CT molecular complexity index is 1760. The number of rotatable bonds is 1. The predicted octanol–water partition coefficient (Wildman–Crippen LogP) is 7.00. The lowest BCUT2D eigenvalue weighted by molar-refractivity contribution is 0.590. The molecule has 0 spiro atoms. The molecule has 34 heavy (non-hydrogen) atoms. The van der Waals surface area contributed by atoms with Gasteiger partial charge in [-0.05, 0) is 47.4 Å².